The molecule has 1 aliphatic heterocycles. The minimum atomic E-state index is -0.110. The predicted molar refractivity (Wildman–Crippen MR) is 136 cm³/mol. The lowest BCUT2D eigenvalue weighted by atomic mass is 9.75. The van der Waals surface area contributed by atoms with Crippen LogP contribution in [0, 0.1) is 11.2 Å². The van der Waals surface area contributed by atoms with Crippen LogP contribution >= 0.6 is 11.6 Å². The largest absolute Gasteiger partial charge is 0.497 e. The van der Waals surface area contributed by atoms with Gasteiger partial charge in [0.1, 0.15) is 11.6 Å². The number of aromatic nitrogens is 1. The number of ether oxygens (including phenoxy) is 1. The second-order valence-electron chi connectivity index (χ2n) is 9.52. The molecule has 0 radical (unpaired) electrons. The Hall–Kier alpha value is -2.21. The molecule has 1 aromatic heterocycles. The van der Waals surface area contributed by atoms with E-state index in [9.17, 15) is 9.50 Å². The quantitative estimate of drug-likeness (QED) is 0.379. The number of nitrogens with zero attached hydrogens (tertiary/aromatic N) is 2. The Labute approximate surface area is 206 Å². The summed E-state index contributed by atoms with van der Waals surface area (Å²) in [5.74, 6) is 0.688. The molecule has 0 aliphatic carbocycles. The highest BCUT2D eigenvalue weighted by Gasteiger charge is 2.33. The molecule has 2 aromatic carbocycles. The van der Waals surface area contributed by atoms with Gasteiger partial charge in [0.2, 0.25) is 0 Å². The molecule has 2 heterocycles. The fraction of sp³-hybridized carbons (Fsp3) is 0.464. The Morgan fingerprint density at radius 1 is 1.12 bits per heavy atom. The first kappa shape index (κ1) is 24.9. The van der Waals surface area contributed by atoms with Crippen molar-refractivity contribution in [3.8, 4) is 5.75 Å². The van der Waals surface area contributed by atoms with E-state index < -0.39 is 0 Å². The van der Waals surface area contributed by atoms with Crippen LogP contribution in [0.25, 0.3) is 10.9 Å². The summed E-state index contributed by atoms with van der Waals surface area (Å²) < 4.78 is 19.2. The summed E-state index contributed by atoms with van der Waals surface area (Å²) in [6.45, 7) is 3.15. The molecule has 1 saturated heterocycles. The number of aliphatic hydroxyl groups is 1. The minimum absolute atomic E-state index is 0.0327. The molecule has 1 N–H and O–H groups in total. The Morgan fingerprint density at radius 2 is 1.91 bits per heavy atom. The molecule has 4 nitrogen and oxygen atoms in total. The summed E-state index contributed by atoms with van der Waals surface area (Å²) in [5.41, 5.74) is 2.78. The van der Waals surface area contributed by atoms with Gasteiger partial charge in [-0.05, 0) is 105 Å². The Bertz CT molecular complexity index is 1100. The van der Waals surface area contributed by atoms with Crippen LogP contribution in [0.2, 0.25) is 5.02 Å². The van der Waals surface area contributed by atoms with E-state index in [0.717, 1.165) is 92.4 Å². The molecule has 1 fully saturated rings. The molecule has 0 unspecified atom stereocenters. The van der Waals surface area contributed by atoms with Crippen LogP contribution in [-0.2, 0) is 12.8 Å². The number of aryl methyl sites for hydroxylation is 2. The van der Waals surface area contributed by atoms with Gasteiger partial charge in [0, 0.05) is 18.2 Å². The molecule has 182 valence electrons. The van der Waals surface area contributed by atoms with Crippen molar-refractivity contribution in [1.29, 1.82) is 0 Å². The fourth-order valence-electron chi connectivity index (χ4n) is 5.16. The van der Waals surface area contributed by atoms with E-state index in [1.54, 1.807) is 19.4 Å². The molecule has 0 saturated carbocycles. The van der Waals surface area contributed by atoms with Gasteiger partial charge in [-0.25, -0.2) is 4.39 Å². The molecule has 0 atom stereocenters. The van der Waals surface area contributed by atoms with Crippen molar-refractivity contribution in [2.24, 2.45) is 5.41 Å². The summed E-state index contributed by atoms with van der Waals surface area (Å²) in [4.78, 5) is 6.90. The van der Waals surface area contributed by atoms with Gasteiger partial charge in [-0.3, -0.25) is 4.98 Å². The van der Waals surface area contributed by atoms with Crippen LogP contribution < -0.4 is 4.74 Å². The highest BCUT2D eigenvalue weighted by Crippen LogP contribution is 2.37. The van der Waals surface area contributed by atoms with Crippen LogP contribution in [0.3, 0.4) is 0 Å². The zero-order valence-corrected chi connectivity index (χ0v) is 20.7. The fourth-order valence-corrected chi connectivity index (χ4v) is 5.40. The van der Waals surface area contributed by atoms with E-state index in [1.165, 1.54) is 6.07 Å². The number of pyridine rings is 1. The number of aliphatic hydroxyl groups excluding tert-OH is 1. The summed E-state index contributed by atoms with van der Waals surface area (Å²) in [7, 11) is 1.66. The van der Waals surface area contributed by atoms with Crippen LogP contribution in [0.4, 0.5) is 4.39 Å². The molecular weight excluding hydrogens is 451 g/mol. The number of fused-ring (bicyclic) bond motifs is 1. The first-order chi connectivity index (χ1) is 16.5. The highest BCUT2D eigenvalue weighted by molar-refractivity contribution is 6.32. The lowest BCUT2D eigenvalue weighted by Gasteiger charge is -2.41. The van der Waals surface area contributed by atoms with Crippen molar-refractivity contribution in [2.45, 2.75) is 44.9 Å². The number of benzene rings is 2. The standard InChI is InChI=1S/C28H34ClFN2O2/c1-34-22-10-11-27-24(18-22)23(25(29)19-31-27)8-4-12-28(20-33)13-16-32(17-14-28)15-5-7-21-6-2-3-9-26(21)30/h2-3,6,9-11,18-19,33H,4-5,7-8,12-17,20H2,1H3. The molecule has 34 heavy (non-hydrogen) atoms. The molecule has 0 bridgehead atoms. The third kappa shape index (κ3) is 5.88. The van der Waals surface area contributed by atoms with E-state index in [1.807, 2.05) is 30.3 Å². The maximum atomic E-state index is 13.8. The SMILES string of the molecule is COc1ccc2ncc(Cl)c(CCCC3(CO)CCN(CCCc4ccccc4F)CC3)c2c1. The van der Waals surface area contributed by atoms with Crippen LogP contribution in [-0.4, -0.2) is 48.3 Å². The van der Waals surface area contributed by atoms with E-state index in [0.29, 0.717) is 5.02 Å². The number of hydrogen-bond donors (Lipinski definition) is 1. The first-order valence-electron chi connectivity index (χ1n) is 12.2. The number of piperidine rings is 1. The van der Waals surface area contributed by atoms with E-state index >= 15 is 0 Å². The molecule has 0 amide bonds. The van der Waals surface area contributed by atoms with E-state index in [-0.39, 0.29) is 17.8 Å². The van der Waals surface area contributed by atoms with E-state index in [2.05, 4.69) is 9.88 Å². The van der Waals surface area contributed by atoms with Gasteiger partial charge >= 0.3 is 0 Å². The molecular formula is C28H34ClFN2O2. The smallest absolute Gasteiger partial charge is 0.126 e. The normalized spacial score (nSPS) is 16.1. The van der Waals surface area contributed by atoms with Crippen molar-refractivity contribution in [2.75, 3.05) is 33.4 Å². The van der Waals surface area contributed by atoms with Gasteiger partial charge in [0.05, 0.1) is 17.6 Å². The van der Waals surface area contributed by atoms with E-state index in [4.69, 9.17) is 16.3 Å². The maximum absolute atomic E-state index is 13.8. The van der Waals surface area contributed by atoms with Gasteiger partial charge in [0.15, 0.2) is 0 Å². The molecule has 6 heteroatoms. The Kier molecular flexibility index (Phi) is 8.41. The van der Waals surface area contributed by atoms with Gasteiger partial charge in [-0.15, -0.1) is 0 Å². The van der Waals surface area contributed by atoms with Crippen LogP contribution in [0.5, 0.6) is 5.75 Å². The lowest BCUT2D eigenvalue weighted by molar-refractivity contribution is 0.0353. The van der Waals surface area contributed by atoms with Gasteiger partial charge < -0.3 is 14.7 Å². The second-order valence-corrected chi connectivity index (χ2v) is 9.92. The average Bonchev–Trinajstić information content (AvgIpc) is 2.87. The third-order valence-corrected chi connectivity index (χ3v) is 7.72. The second kappa shape index (κ2) is 11.5. The van der Waals surface area contributed by atoms with Crippen LogP contribution in [0.15, 0.2) is 48.7 Å². The topological polar surface area (TPSA) is 45.6 Å². The number of methoxy groups -OCH3 is 1. The van der Waals surface area contributed by atoms with Crippen molar-refractivity contribution >= 4 is 22.5 Å². The van der Waals surface area contributed by atoms with Crippen molar-refractivity contribution in [3.05, 3.63) is 70.6 Å². The van der Waals surface area contributed by atoms with Crippen molar-refractivity contribution in [1.82, 2.24) is 9.88 Å². The summed E-state index contributed by atoms with van der Waals surface area (Å²) >= 11 is 6.53. The van der Waals surface area contributed by atoms with Gasteiger partial charge in [0.25, 0.3) is 0 Å². The molecule has 1 aliphatic rings. The first-order valence-corrected chi connectivity index (χ1v) is 12.6. The van der Waals surface area contributed by atoms with Crippen molar-refractivity contribution < 1.29 is 14.2 Å². The number of halogens is 2. The predicted octanol–water partition coefficient (Wildman–Crippen LogP) is 6.07. The summed E-state index contributed by atoms with van der Waals surface area (Å²) in [6, 6.07) is 12.9. The Morgan fingerprint density at radius 3 is 2.65 bits per heavy atom. The minimum Gasteiger partial charge on any atom is -0.497 e. The number of likely N-dealkylation sites (tertiary alicyclic amines) is 1. The summed E-state index contributed by atoms with van der Waals surface area (Å²) in [6.07, 6.45) is 8.20. The molecule has 3 aromatic rings. The van der Waals surface area contributed by atoms with Crippen molar-refractivity contribution in [3.63, 3.8) is 0 Å². The van der Waals surface area contributed by atoms with Crippen LogP contribution in [0.1, 0.15) is 43.2 Å². The van der Waals surface area contributed by atoms with Gasteiger partial charge in [-0.1, -0.05) is 29.8 Å². The zero-order valence-electron chi connectivity index (χ0n) is 19.9. The zero-order chi connectivity index (χ0) is 24.0. The number of rotatable bonds is 10. The average molecular weight is 485 g/mol. The molecule has 0 spiro atoms. The van der Waals surface area contributed by atoms with Gasteiger partial charge in [-0.2, -0.15) is 0 Å². The molecule has 4 rings (SSSR count). The maximum Gasteiger partial charge on any atom is 0.126 e. The Balaban J connectivity index is 1.29. The highest BCUT2D eigenvalue weighted by atomic mass is 35.5. The lowest BCUT2D eigenvalue weighted by Crippen LogP contribution is -2.42. The monoisotopic (exact) mass is 484 g/mol. The summed E-state index contributed by atoms with van der Waals surface area (Å²) in [5, 5.41) is 12.0. The number of hydrogen-bond acceptors (Lipinski definition) is 4. The third-order valence-electron chi connectivity index (χ3n) is 7.40.